The highest BCUT2D eigenvalue weighted by Gasteiger charge is 2.18. The molecule has 1 atom stereocenters. The zero-order valence-corrected chi connectivity index (χ0v) is 12.4. The molecule has 1 amide bonds. The summed E-state index contributed by atoms with van der Waals surface area (Å²) in [5.74, 6) is 0.914. The average Bonchev–Trinajstić information content (AvgIpc) is 2.45. The van der Waals surface area contributed by atoms with Crippen molar-refractivity contribution in [2.75, 3.05) is 7.11 Å². The van der Waals surface area contributed by atoms with Gasteiger partial charge in [-0.1, -0.05) is 44.2 Å². The molecule has 0 radical (unpaired) electrons. The van der Waals surface area contributed by atoms with E-state index in [0.717, 1.165) is 10.8 Å². The van der Waals surface area contributed by atoms with E-state index in [2.05, 4.69) is 19.2 Å². The molecule has 0 spiro atoms. The summed E-state index contributed by atoms with van der Waals surface area (Å²) in [6.07, 6.45) is 0. The van der Waals surface area contributed by atoms with Crippen LogP contribution in [0, 0.1) is 5.92 Å². The maximum absolute atomic E-state index is 12.6. The van der Waals surface area contributed by atoms with Crippen molar-refractivity contribution in [1.82, 2.24) is 5.32 Å². The van der Waals surface area contributed by atoms with Gasteiger partial charge in [0, 0.05) is 6.04 Å². The van der Waals surface area contributed by atoms with Crippen LogP contribution in [0.4, 0.5) is 0 Å². The Morgan fingerprint density at radius 1 is 1.10 bits per heavy atom. The molecule has 0 bridgehead atoms. The molecule has 0 aliphatic heterocycles. The Balaban J connectivity index is 2.48. The molecule has 0 heterocycles. The van der Waals surface area contributed by atoms with Gasteiger partial charge < -0.3 is 10.1 Å². The SMILES string of the molecule is COc1ccc2ccccc2c1C(=O)N[C@H](C)C(C)C. The molecule has 0 aliphatic carbocycles. The fourth-order valence-corrected chi connectivity index (χ4v) is 2.10. The summed E-state index contributed by atoms with van der Waals surface area (Å²) >= 11 is 0. The van der Waals surface area contributed by atoms with E-state index in [-0.39, 0.29) is 11.9 Å². The van der Waals surface area contributed by atoms with Gasteiger partial charge >= 0.3 is 0 Å². The van der Waals surface area contributed by atoms with E-state index in [9.17, 15) is 4.79 Å². The van der Waals surface area contributed by atoms with E-state index in [1.807, 2.05) is 43.3 Å². The number of benzene rings is 2. The number of methoxy groups -OCH3 is 1. The number of rotatable bonds is 4. The van der Waals surface area contributed by atoms with Gasteiger partial charge in [0.2, 0.25) is 0 Å². The Hall–Kier alpha value is -2.03. The van der Waals surface area contributed by atoms with Gasteiger partial charge in [-0.3, -0.25) is 4.79 Å². The van der Waals surface area contributed by atoms with E-state index in [4.69, 9.17) is 4.74 Å². The molecule has 0 saturated heterocycles. The van der Waals surface area contributed by atoms with Crippen molar-refractivity contribution in [3.8, 4) is 5.75 Å². The maximum atomic E-state index is 12.6. The first-order valence-electron chi connectivity index (χ1n) is 6.91. The molecule has 2 rings (SSSR count). The number of amides is 1. The summed E-state index contributed by atoms with van der Waals surface area (Å²) in [6.45, 7) is 6.19. The van der Waals surface area contributed by atoms with E-state index in [1.165, 1.54) is 0 Å². The van der Waals surface area contributed by atoms with Gasteiger partial charge in [-0.05, 0) is 29.7 Å². The van der Waals surface area contributed by atoms with Crippen molar-refractivity contribution in [3.05, 3.63) is 42.0 Å². The third-order valence-electron chi connectivity index (χ3n) is 3.70. The molecule has 2 aromatic rings. The fourth-order valence-electron chi connectivity index (χ4n) is 2.10. The van der Waals surface area contributed by atoms with Gasteiger partial charge in [-0.25, -0.2) is 0 Å². The lowest BCUT2D eigenvalue weighted by Gasteiger charge is -2.19. The second-order valence-corrected chi connectivity index (χ2v) is 5.37. The highest BCUT2D eigenvalue weighted by Crippen LogP contribution is 2.28. The summed E-state index contributed by atoms with van der Waals surface area (Å²) in [5.41, 5.74) is 0.609. The number of hydrogen-bond donors (Lipinski definition) is 1. The third kappa shape index (κ3) is 2.77. The number of fused-ring (bicyclic) bond motifs is 1. The Kier molecular flexibility index (Phi) is 4.28. The highest BCUT2D eigenvalue weighted by atomic mass is 16.5. The molecular formula is C17H21NO2. The first kappa shape index (κ1) is 14.4. The monoisotopic (exact) mass is 271 g/mol. The Labute approximate surface area is 119 Å². The molecule has 3 nitrogen and oxygen atoms in total. The van der Waals surface area contributed by atoms with E-state index in [1.54, 1.807) is 7.11 Å². The summed E-state index contributed by atoms with van der Waals surface area (Å²) in [6, 6.07) is 11.8. The Morgan fingerprint density at radius 2 is 1.80 bits per heavy atom. The van der Waals surface area contributed by atoms with E-state index in [0.29, 0.717) is 17.2 Å². The second kappa shape index (κ2) is 5.95. The van der Waals surface area contributed by atoms with E-state index < -0.39 is 0 Å². The Morgan fingerprint density at radius 3 is 2.45 bits per heavy atom. The number of ether oxygens (including phenoxy) is 1. The Bertz CT molecular complexity index is 619. The zero-order valence-electron chi connectivity index (χ0n) is 12.4. The van der Waals surface area contributed by atoms with Gasteiger partial charge in [0.05, 0.1) is 12.7 Å². The summed E-state index contributed by atoms with van der Waals surface area (Å²) < 4.78 is 5.36. The average molecular weight is 271 g/mol. The van der Waals surface area contributed by atoms with Crippen molar-refractivity contribution in [3.63, 3.8) is 0 Å². The zero-order chi connectivity index (χ0) is 14.7. The topological polar surface area (TPSA) is 38.3 Å². The van der Waals surface area contributed by atoms with Gasteiger partial charge in [0.15, 0.2) is 0 Å². The van der Waals surface area contributed by atoms with Crippen LogP contribution in [-0.4, -0.2) is 19.1 Å². The van der Waals surface area contributed by atoms with Crippen molar-refractivity contribution >= 4 is 16.7 Å². The lowest BCUT2D eigenvalue weighted by Crippen LogP contribution is -2.36. The van der Waals surface area contributed by atoms with Crippen LogP contribution in [0.3, 0.4) is 0 Å². The predicted molar refractivity (Wildman–Crippen MR) is 82.3 cm³/mol. The molecular weight excluding hydrogens is 250 g/mol. The molecule has 1 N–H and O–H groups in total. The molecule has 3 heteroatoms. The normalized spacial score (nSPS) is 12.4. The summed E-state index contributed by atoms with van der Waals surface area (Å²) in [5, 5.41) is 5.00. The second-order valence-electron chi connectivity index (χ2n) is 5.37. The molecule has 0 unspecified atom stereocenters. The largest absolute Gasteiger partial charge is 0.496 e. The molecule has 20 heavy (non-hydrogen) atoms. The number of carbonyl (C=O) groups is 1. The van der Waals surface area contributed by atoms with Crippen LogP contribution in [0.25, 0.3) is 10.8 Å². The molecule has 2 aromatic carbocycles. The smallest absolute Gasteiger partial charge is 0.255 e. The van der Waals surface area contributed by atoms with Gasteiger partial charge in [0.25, 0.3) is 5.91 Å². The van der Waals surface area contributed by atoms with E-state index >= 15 is 0 Å². The van der Waals surface area contributed by atoms with Crippen LogP contribution in [0.1, 0.15) is 31.1 Å². The fraction of sp³-hybridized carbons (Fsp3) is 0.353. The standard InChI is InChI=1S/C17H21NO2/c1-11(2)12(3)18-17(19)16-14-8-6-5-7-13(14)9-10-15(16)20-4/h5-12H,1-4H3,(H,18,19)/t12-/m1/s1. The number of carbonyl (C=O) groups excluding carboxylic acids is 1. The quantitative estimate of drug-likeness (QED) is 0.922. The molecule has 0 saturated carbocycles. The van der Waals surface area contributed by atoms with Crippen molar-refractivity contribution in [2.24, 2.45) is 5.92 Å². The lowest BCUT2D eigenvalue weighted by molar-refractivity contribution is 0.0929. The molecule has 0 aliphatic rings. The van der Waals surface area contributed by atoms with Crippen molar-refractivity contribution in [2.45, 2.75) is 26.8 Å². The van der Waals surface area contributed by atoms with Gasteiger partial charge in [0.1, 0.15) is 5.75 Å². The third-order valence-corrected chi connectivity index (χ3v) is 3.70. The number of nitrogens with one attached hydrogen (secondary N) is 1. The van der Waals surface area contributed by atoms with Crippen LogP contribution in [0.5, 0.6) is 5.75 Å². The lowest BCUT2D eigenvalue weighted by atomic mass is 10.0. The van der Waals surface area contributed by atoms with Crippen molar-refractivity contribution in [1.29, 1.82) is 0 Å². The first-order chi connectivity index (χ1) is 9.54. The molecule has 106 valence electrons. The highest BCUT2D eigenvalue weighted by molar-refractivity contribution is 6.09. The minimum absolute atomic E-state index is 0.0835. The summed E-state index contributed by atoms with van der Waals surface area (Å²) in [4.78, 5) is 12.6. The van der Waals surface area contributed by atoms with Crippen molar-refractivity contribution < 1.29 is 9.53 Å². The summed E-state index contributed by atoms with van der Waals surface area (Å²) in [7, 11) is 1.59. The predicted octanol–water partition coefficient (Wildman–Crippen LogP) is 3.62. The molecule has 0 aromatic heterocycles. The van der Waals surface area contributed by atoms with Crippen LogP contribution >= 0.6 is 0 Å². The van der Waals surface area contributed by atoms with Gasteiger partial charge in [-0.2, -0.15) is 0 Å². The minimum Gasteiger partial charge on any atom is -0.496 e. The van der Waals surface area contributed by atoms with Crippen LogP contribution in [0.2, 0.25) is 0 Å². The first-order valence-corrected chi connectivity index (χ1v) is 6.91. The molecule has 0 fully saturated rings. The number of hydrogen-bond acceptors (Lipinski definition) is 2. The van der Waals surface area contributed by atoms with Crippen LogP contribution in [-0.2, 0) is 0 Å². The maximum Gasteiger partial charge on any atom is 0.255 e. The van der Waals surface area contributed by atoms with Crippen LogP contribution < -0.4 is 10.1 Å². The van der Waals surface area contributed by atoms with Crippen LogP contribution in [0.15, 0.2) is 36.4 Å². The minimum atomic E-state index is -0.0835. The van der Waals surface area contributed by atoms with Gasteiger partial charge in [-0.15, -0.1) is 0 Å².